The number of amidine groups is 1. The normalized spacial score (nSPS) is 10.2. The van der Waals surface area contributed by atoms with Crippen molar-refractivity contribution in [2.45, 2.75) is 0 Å². The second-order valence-corrected chi connectivity index (χ2v) is 4.72. The van der Waals surface area contributed by atoms with Gasteiger partial charge in [-0.05, 0) is 28.1 Å². The second kappa shape index (κ2) is 5.83. The number of halogens is 2. The molecule has 108 valence electrons. The average molecular weight is 355 g/mol. The number of nitro groups is 1. The van der Waals surface area contributed by atoms with E-state index in [4.69, 9.17) is 15.9 Å². The van der Waals surface area contributed by atoms with Crippen LogP contribution in [-0.4, -0.2) is 15.7 Å². The zero-order valence-electron chi connectivity index (χ0n) is 10.3. The van der Waals surface area contributed by atoms with Gasteiger partial charge in [-0.1, -0.05) is 0 Å². The number of nitrogens with one attached hydrogen (secondary N) is 1. The summed E-state index contributed by atoms with van der Waals surface area (Å²) >= 11 is 2.87. The molecule has 3 N–H and O–H groups in total. The summed E-state index contributed by atoms with van der Waals surface area (Å²) in [6.07, 6.45) is 1.36. The molecule has 1 heterocycles. The Kier molecular flexibility index (Phi) is 4.13. The van der Waals surface area contributed by atoms with Gasteiger partial charge in [0.05, 0.1) is 15.0 Å². The van der Waals surface area contributed by atoms with Crippen molar-refractivity contribution >= 4 is 27.5 Å². The fraction of sp³-hybridized carbons (Fsp3) is 0. The van der Waals surface area contributed by atoms with Gasteiger partial charge in [0.25, 0.3) is 0 Å². The number of ether oxygens (including phenoxy) is 1. The molecule has 0 aliphatic carbocycles. The van der Waals surface area contributed by atoms with Gasteiger partial charge in [0.2, 0.25) is 11.6 Å². The minimum atomic E-state index is -0.726. The monoisotopic (exact) mass is 354 g/mol. The van der Waals surface area contributed by atoms with Crippen LogP contribution in [0.5, 0.6) is 11.6 Å². The second-order valence-electron chi connectivity index (χ2n) is 3.86. The minimum absolute atomic E-state index is 0.0608. The largest absolute Gasteiger partial charge is 0.431 e. The van der Waals surface area contributed by atoms with Crippen LogP contribution in [0, 0.1) is 21.3 Å². The molecule has 0 bridgehead atoms. The number of nitrogens with zero attached hydrogens (tertiary/aromatic N) is 2. The SMILES string of the molecule is N=C(N)c1cccnc1Oc1cc(F)c(Br)cc1[N+](=O)[O-]. The van der Waals surface area contributed by atoms with Crippen LogP contribution in [0.4, 0.5) is 10.1 Å². The zero-order valence-corrected chi connectivity index (χ0v) is 11.9. The van der Waals surface area contributed by atoms with Gasteiger partial charge in [0.15, 0.2) is 0 Å². The molecule has 0 aliphatic rings. The van der Waals surface area contributed by atoms with Crippen LogP contribution in [0.25, 0.3) is 0 Å². The molecule has 2 rings (SSSR count). The topological polar surface area (TPSA) is 115 Å². The molecule has 1 aromatic carbocycles. The van der Waals surface area contributed by atoms with E-state index in [-0.39, 0.29) is 27.5 Å². The first kappa shape index (κ1) is 14.9. The summed E-state index contributed by atoms with van der Waals surface area (Å²) in [6, 6.07) is 4.84. The summed E-state index contributed by atoms with van der Waals surface area (Å²) in [5, 5.41) is 18.4. The first-order chi connectivity index (χ1) is 9.90. The van der Waals surface area contributed by atoms with Crippen LogP contribution < -0.4 is 10.5 Å². The maximum atomic E-state index is 13.5. The van der Waals surface area contributed by atoms with Crippen molar-refractivity contribution in [3.05, 3.63) is 56.4 Å². The van der Waals surface area contributed by atoms with Crippen molar-refractivity contribution in [2.75, 3.05) is 0 Å². The van der Waals surface area contributed by atoms with E-state index in [1.54, 1.807) is 0 Å². The van der Waals surface area contributed by atoms with Crippen LogP contribution in [0.15, 0.2) is 34.9 Å². The van der Waals surface area contributed by atoms with E-state index < -0.39 is 16.4 Å². The van der Waals surface area contributed by atoms with E-state index in [0.29, 0.717) is 0 Å². The lowest BCUT2D eigenvalue weighted by atomic mass is 10.2. The molecule has 0 radical (unpaired) electrons. The molecule has 7 nitrogen and oxygen atoms in total. The predicted octanol–water partition coefficient (Wildman–Crippen LogP) is 2.97. The lowest BCUT2D eigenvalue weighted by Gasteiger charge is -2.09. The van der Waals surface area contributed by atoms with Gasteiger partial charge < -0.3 is 10.5 Å². The summed E-state index contributed by atoms with van der Waals surface area (Å²) < 4.78 is 18.8. The highest BCUT2D eigenvalue weighted by molar-refractivity contribution is 9.10. The van der Waals surface area contributed by atoms with Gasteiger partial charge in [-0.2, -0.15) is 0 Å². The fourth-order valence-corrected chi connectivity index (χ4v) is 1.86. The Labute approximate surface area is 126 Å². The number of nitro benzene ring substituents is 1. The van der Waals surface area contributed by atoms with E-state index >= 15 is 0 Å². The van der Waals surface area contributed by atoms with Crippen LogP contribution in [0.1, 0.15) is 5.56 Å². The summed E-state index contributed by atoms with van der Waals surface area (Å²) in [6.45, 7) is 0. The van der Waals surface area contributed by atoms with Gasteiger partial charge >= 0.3 is 5.69 Å². The summed E-state index contributed by atoms with van der Waals surface area (Å²) in [4.78, 5) is 14.1. The zero-order chi connectivity index (χ0) is 15.6. The van der Waals surface area contributed by atoms with Crippen molar-refractivity contribution < 1.29 is 14.1 Å². The first-order valence-electron chi connectivity index (χ1n) is 5.51. The molecule has 0 unspecified atom stereocenters. The van der Waals surface area contributed by atoms with E-state index in [1.165, 1.54) is 18.3 Å². The van der Waals surface area contributed by atoms with Crippen LogP contribution in [0.2, 0.25) is 0 Å². The highest BCUT2D eigenvalue weighted by atomic mass is 79.9. The van der Waals surface area contributed by atoms with Crippen molar-refractivity contribution in [1.29, 1.82) is 5.41 Å². The lowest BCUT2D eigenvalue weighted by Crippen LogP contribution is -2.13. The molecule has 2 aromatic rings. The molecule has 0 atom stereocenters. The van der Waals surface area contributed by atoms with Crippen molar-refractivity contribution in [3.63, 3.8) is 0 Å². The molecule has 9 heteroatoms. The van der Waals surface area contributed by atoms with Gasteiger partial charge in [-0.15, -0.1) is 0 Å². The van der Waals surface area contributed by atoms with Crippen LogP contribution >= 0.6 is 15.9 Å². The molecule has 0 aliphatic heterocycles. The van der Waals surface area contributed by atoms with Crippen molar-refractivity contribution in [2.24, 2.45) is 5.73 Å². The predicted molar refractivity (Wildman–Crippen MR) is 76.1 cm³/mol. The van der Waals surface area contributed by atoms with E-state index in [1.807, 2.05) is 0 Å². The minimum Gasteiger partial charge on any atom is -0.431 e. The number of aromatic nitrogens is 1. The molecule has 0 saturated heterocycles. The Morgan fingerprint density at radius 2 is 2.24 bits per heavy atom. The smallest absolute Gasteiger partial charge is 0.312 e. The average Bonchev–Trinajstić information content (AvgIpc) is 2.42. The number of pyridine rings is 1. The van der Waals surface area contributed by atoms with Gasteiger partial charge in [-0.3, -0.25) is 15.5 Å². The molecule has 21 heavy (non-hydrogen) atoms. The standard InChI is InChI=1S/C12H8BrFN4O3/c13-7-4-9(18(19)20)10(5-8(7)14)21-12-6(11(15)16)2-1-3-17-12/h1-5H,(H3,15,16). The number of nitrogen functional groups attached to an aromatic ring is 1. The molecule has 1 aromatic heterocycles. The number of rotatable bonds is 4. The highest BCUT2D eigenvalue weighted by Gasteiger charge is 2.21. The third-order valence-corrected chi connectivity index (χ3v) is 3.07. The Balaban J connectivity index is 2.52. The van der Waals surface area contributed by atoms with E-state index in [2.05, 4.69) is 20.9 Å². The third kappa shape index (κ3) is 3.14. The van der Waals surface area contributed by atoms with Crippen molar-refractivity contribution in [3.8, 4) is 11.6 Å². The molecular formula is C12H8BrFN4O3. The van der Waals surface area contributed by atoms with Gasteiger partial charge in [-0.25, -0.2) is 9.37 Å². The number of nitrogens with two attached hydrogens (primary N) is 1. The molecule has 0 saturated carbocycles. The third-order valence-electron chi connectivity index (χ3n) is 2.47. The summed E-state index contributed by atoms with van der Waals surface area (Å²) in [7, 11) is 0. The molecule has 0 amide bonds. The fourth-order valence-electron chi connectivity index (χ4n) is 1.52. The Bertz CT molecular complexity index is 738. The molecule has 0 fully saturated rings. The van der Waals surface area contributed by atoms with Crippen LogP contribution in [0.3, 0.4) is 0 Å². The summed E-state index contributed by atoms with van der Waals surface area (Å²) in [5.74, 6) is -1.49. The van der Waals surface area contributed by atoms with E-state index in [0.717, 1.165) is 12.1 Å². The lowest BCUT2D eigenvalue weighted by molar-refractivity contribution is -0.385. The van der Waals surface area contributed by atoms with Crippen LogP contribution in [-0.2, 0) is 0 Å². The van der Waals surface area contributed by atoms with Gasteiger partial charge in [0, 0.05) is 18.3 Å². The van der Waals surface area contributed by atoms with Crippen molar-refractivity contribution in [1.82, 2.24) is 4.98 Å². The molecule has 0 spiro atoms. The Morgan fingerprint density at radius 3 is 2.86 bits per heavy atom. The number of hydrogen-bond acceptors (Lipinski definition) is 5. The quantitative estimate of drug-likeness (QED) is 0.379. The Morgan fingerprint density at radius 1 is 1.52 bits per heavy atom. The Hall–Kier alpha value is -2.55. The highest BCUT2D eigenvalue weighted by Crippen LogP contribution is 2.35. The van der Waals surface area contributed by atoms with E-state index in [9.17, 15) is 14.5 Å². The maximum Gasteiger partial charge on any atom is 0.312 e. The molecular weight excluding hydrogens is 347 g/mol. The maximum absolute atomic E-state index is 13.5. The number of benzene rings is 1. The van der Waals surface area contributed by atoms with Gasteiger partial charge in [0.1, 0.15) is 11.7 Å². The first-order valence-corrected chi connectivity index (χ1v) is 6.30. The number of hydrogen-bond donors (Lipinski definition) is 2. The summed E-state index contributed by atoms with van der Waals surface area (Å²) in [5.41, 5.74) is 5.07.